The monoisotopic (exact) mass is 1370 g/mol. The maximum Gasteiger partial charge on any atom is 0.215 e. The Kier molecular flexibility index (Phi) is 21.5. The SMILES string of the molecule is Cc1cc(-c2c(C)cccc2C)[n+](C)cc1C.Cc1ccc(C)c(-c2cc(C)c(C)c[n+]2C)c1.Cc1cccc(-c2c(C)ccc(C)[n+]2C)c1C.[2H]C([2H])([2H])c1c[n+](C)c(-c2c(C)cccc2C)cc1C.[2H]C([2H])([2H])c1c[n+](C)c(-c2cc(C)ccc2C)cc1C.[2H]C([2H])([2H])c1cccc(-c2c(C)ccc(C([2H])([2H])[2H])[n+]2C)c1C. The maximum absolute atomic E-state index is 7.66. The molecule has 0 atom stereocenters. The van der Waals surface area contributed by atoms with Crippen LogP contribution >= 0.6 is 0 Å². The van der Waals surface area contributed by atoms with Crippen LogP contribution in [-0.2, 0) is 42.3 Å². The van der Waals surface area contributed by atoms with Gasteiger partial charge in [0.1, 0.15) is 42.3 Å². The van der Waals surface area contributed by atoms with Gasteiger partial charge in [-0.2, -0.15) is 9.13 Å². The topological polar surface area (TPSA) is 23.3 Å². The number of rotatable bonds is 6. The molecule has 0 aliphatic carbocycles. The first kappa shape index (κ1) is 63.2. The Balaban J connectivity index is 0.000000190. The molecule has 12 rings (SSSR count). The second-order valence-corrected chi connectivity index (χ2v) is 28.3. The fraction of sp³-hybridized carbons (Fsp3) is 0.312. The summed E-state index contributed by atoms with van der Waals surface area (Å²) in [7, 11) is 11.9. The summed E-state index contributed by atoms with van der Waals surface area (Å²) in [5.74, 6) is 0. The zero-order valence-electron chi connectivity index (χ0n) is 78.0. The summed E-state index contributed by atoms with van der Waals surface area (Å²) < 4.78 is 104. The van der Waals surface area contributed by atoms with Gasteiger partial charge in [0.2, 0.25) is 34.2 Å². The van der Waals surface area contributed by atoms with Crippen molar-refractivity contribution in [2.75, 3.05) is 0 Å². The van der Waals surface area contributed by atoms with Gasteiger partial charge in [-0.3, -0.25) is 0 Å². The molecule has 6 aromatic heterocycles. The van der Waals surface area contributed by atoms with E-state index in [-0.39, 0.29) is 11.3 Å². The number of aryl methyl sites for hydroxylation is 26. The normalized spacial score (nSPS) is 12.9. The van der Waals surface area contributed by atoms with E-state index in [1.165, 1.54) is 128 Å². The molecule has 0 spiro atoms. The molecule has 0 unspecified atom stereocenters. The molecule has 528 valence electrons. The van der Waals surface area contributed by atoms with Crippen LogP contribution in [0.4, 0.5) is 0 Å². The Hall–Kier alpha value is -9.78. The highest BCUT2D eigenvalue weighted by molar-refractivity contribution is 5.70. The van der Waals surface area contributed by atoms with E-state index < -0.39 is 27.4 Å². The highest BCUT2D eigenvalue weighted by atomic mass is 15.0. The highest BCUT2D eigenvalue weighted by Crippen LogP contribution is 2.31. The molecule has 0 radical (unpaired) electrons. The first-order chi connectivity index (χ1) is 52.9. The predicted octanol–water partition coefficient (Wildman–Crippen LogP) is 20.5. The zero-order chi connectivity index (χ0) is 85.5. The van der Waals surface area contributed by atoms with Gasteiger partial charge in [-0.1, -0.05) is 96.1 Å². The molecule has 12 aromatic rings. The fourth-order valence-corrected chi connectivity index (χ4v) is 13.1. The lowest BCUT2D eigenvalue weighted by Gasteiger charge is -2.10. The van der Waals surface area contributed by atoms with Gasteiger partial charge in [0, 0.05) is 122 Å². The molecule has 0 bridgehead atoms. The molecular weight excluding hydrogens is 1240 g/mol. The van der Waals surface area contributed by atoms with Crippen LogP contribution in [0, 0.1) is 166 Å². The largest absolute Gasteiger partial charge is 0.215 e. The average molecular weight is 1370 g/mol. The number of benzene rings is 6. The van der Waals surface area contributed by atoms with Gasteiger partial charge in [0.15, 0.2) is 36.2 Å². The fourth-order valence-electron chi connectivity index (χ4n) is 13.1. The third-order valence-corrected chi connectivity index (χ3v) is 20.1. The van der Waals surface area contributed by atoms with Crippen molar-refractivity contribution in [2.24, 2.45) is 42.3 Å². The van der Waals surface area contributed by atoms with Crippen molar-refractivity contribution in [3.63, 3.8) is 0 Å². The molecule has 0 fully saturated rings. The van der Waals surface area contributed by atoms with E-state index in [4.69, 9.17) is 16.4 Å². The van der Waals surface area contributed by atoms with E-state index in [1.54, 1.807) is 55.2 Å². The molecule has 0 amide bonds. The summed E-state index contributed by atoms with van der Waals surface area (Å²) in [6, 6.07) is 53.5. The Morgan fingerprint density at radius 3 is 0.922 bits per heavy atom. The van der Waals surface area contributed by atoms with Crippen LogP contribution in [0.25, 0.3) is 67.5 Å². The minimum absolute atomic E-state index is 0.219. The average Bonchev–Trinajstić information content (AvgIpc) is 0.773. The van der Waals surface area contributed by atoms with Crippen molar-refractivity contribution in [1.29, 1.82) is 0 Å². The second-order valence-electron chi connectivity index (χ2n) is 28.3. The van der Waals surface area contributed by atoms with Gasteiger partial charge >= 0.3 is 0 Å². The zero-order valence-corrected chi connectivity index (χ0v) is 66.0. The summed E-state index contributed by atoms with van der Waals surface area (Å²) >= 11 is 0. The van der Waals surface area contributed by atoms with Crippen molar-refractivity contribution in [1.82, 2.24) is 0 Å². The van der Waals surface area contributed by atoms with Crippen LogP contribution in [0.1, 0.15) is 150 Å². The number of nitrogens with zero attached hydrogens (tertiary/aromatic N) is 6. The molecular formula is C96H120N6+6. The summed E-state index contributed by atoms with van der Waals surface area (Å²) in [5.41, 5.74) is 39.1. The van der Waals surface area contributed by atoms with Crippen molar-refractivity contribution in [2.45, 2.75) is 166 Å². The molecule has 0 saturated carbocycles. The molecule has 0 saturated heterocycles. The van der Waals surface area contributed by atoms with Crippen molar-refractivity contribution >= 4 is 0 Å². The third-order valence-electron chi connectivity index (χ3n) is 20.1. The van der Waals surface area contributed by atoms with Gasteiger partial charge in [0.25, 0.3) is 0 Å². The second kappa shape index (κ2) is 34.7. The molecule has 0 aliphatic heterocycles. The predicted molar refractivity (Wildman–Crippen MR) is 432 cm³/mol. The summed E-state index contributed by atoms with van der Waals surface area (Å²) in [5, 5.41) is 0. The molecule has 0 N–H and O–H groups in total. The Morgan fingerprint density at radius 1 is 0.225 bits per heavy atom. The van der Waals surface area contributed by atoms with E-state index >= 15 is 0 Å². The lowest BCUT2D eigenvalue weighted by molar-refractivity contribution is -0.667. The van der Waals surface area contributed by atoms with E-state index in [9.17, 15) is 0 Å². The number of aromatic nitrogens is 6. The van der Waals surface area contributed by atoms with Gasteiger partial charge < -0.3 is 0 Å². The quantitative estimate of drug-likeness (QED) is 0.148. The van der Waals surface area contributed by atoms with E-state index in [1.807, 2.05) is 68.3 Å². The van der Waals surface area contributed by atoms with Gasteiger partial charge in [-0.25, -0.2) is 18.3 Å². The summed E-state index contributed by atoms with van der Waals surface area (Å²) in [6.45, 7) is 33.1. The Bertz CT molecular complexity index is 5480. The van der Waals surface area contributed by atoms with Crippen LogP contribution in [0.15, 0.2) is 183 Å². The summed E-state index contributed by atoms with van der Waals surface area (Å²) in [6.07, 6.45) is 7.85. The summed E-state index contributed by atoms with van der Waals surface area (Å²) in [4.78, 5) is 0. The van der Waals surface area contributed by atoms with E-state index in [2.05, 4.69) is 267 Å². The maximum atomic E-state index is 7.66. The van der Waals surface area contributed by atoms with Gasteiger partial charge in [0.05, 0.1) is 11.1 Å². The highest BCUT2D eigenvalue weighted by Gasteiger charge is 2.23. The third kappa shape index (κ3) is 19.0. The van der Waals surface area contributed by atoms with Crippen molar-refractivity contribution in [3.05, 3.63) is 316 Å². The van der Waals surface area contributed by atoms with Crippen molar-refractivity contribution < 1.29 is 43.9 Å². The Morgan fingerprint density at radius 2 is 0.529 bits per heavy atom. The molecule has 6 aromatic carbocycles. The molecule has 6 heterocycles. The van der Waals surface area contributed by atoms with Gasteiger partial charge in [-0.05, 0) is 266 Å². The Labute approximate surface area is 632 Å². The molecule has 6 heteroatoms. The van der Waals surface area contributed by atoms with Crippen LogP contribution in [0.3, 0.4) is 0 Å². The molecule has 0 aliphatic rings. The number of hydrogen-bond acceptors (Lipinski definition) is 0. The number of pyridine rings is 6. The van der Waals surface area contributed by atoms with Crippen LogP contribution in [0.5, 0.6) is 0 Å². The minimum atomic E-state index is -2.23. The smallest absolute Gasteiger partial charge is 0.201 e. The first-order valence-electron chi connectivity index (χ1n) is 41.2. The van der Waals surface area contributed by atoms with Crippen molar-refractivity contribution in [3.8, 4) is 67.5 Å². The van der Waals surface area contributed by atoms with E-state index in [0.29, 0.717) is 16.7 Å². The molecule has 6 nitrogen and oxygen atoms in total. The standard InChI is InChI=1S/6C16H20N/c2*1-11-6-7-12(2)15(8-11)16-9-13(3)14(4)10-17(16)5;2*1-11-7-6-8-12(2)16(11)15-9-13(3)14(4)10-17(15)5;2*1-11-7-6-8-15(14(11)4)16-12(2)9-10-13(3)17(16)5/h6*6-10H,1-5H3/q6*+1/i4D3;;4D3;;1D3,3D3;. The first-order valence-corrected chi connectivity index (χ1v) is 35.2. The van der Waals surface area contributed by atoms with E-state index in [0.717, 1.165) is 44.9 Å². The van der Waals surface area contributed by atoms with Crippen LogP contribution in [-0.4, -0.2) is 0 Å². The lowest BCUT2D eigenvalue weighted by atomic mass is 9.97. The minimum Gasteiger partial charge on any atom is -0.201 e. The van der Waals surface area contributed by atoms with Crippen LogP contribution < -0.4 is 27.4 Å². The van der Waals surface area contributed by atoms with Gasteiger partial charge in [-0.15, -0.1) is 0 Å². The molecule has 102 heavy (non-hydrogen) atoms. The number of hydrogen-bond donors (Lipinski definition) is 0. The van der Waals surface area contributed by atoms with Crippen LogP contribution in [0.2, 0.25) is 0 Å². The lowest BCUT2D eigenvalue weighted by Crippen LogP contribution is -2.35.